The van der Waals surface area contributed by atoms with Gasteiger partial charge in [-0.2, -0.15) is 0 Å². The van der Waals surface area contributed by atoms with E-state index in [2.05, 4.69) is 33.9 Å². The van der Waals surface area contributed by atoms with E-state index < -0.39 is 12.0 Å². The number of likely N-dealkylation sites (N-methyl/N-ethyl adjacent to an activating group) is 1. The molecule has 2 amide bonds. The van der Waals surface area contributed by atoms with Crippen LogP contribution in [-0.2, 0) is 16.1 Å². The van der Waals surface area contributed by atoms with Crippen LogP contribution in [0.1, 0.15) is 29.0 Å². The Balaban J connectivity index is 1.93. The van der Waals surface area contributed by atoms with Crippen molar-refractivity contribution < 1.29 is 14.3 Å². The molecule has 0 aliphatic carbocycles. The highest BCUT2D eigenvalue weighted by Gasteiger charge is 2.33. The zero-order valence-corrected chi connectivity index (χ0v) is 17.1. The molecule has 0 radical (unpaired) electrons. The van der Waals surface area contributed by atoms with E-state index in [-0.39, 0.29) is 12.6 Å². The van der Waals surface area contributed by atoms with Crippen LogP contribution in [0.4, 0.5) is 4.79 Å². The topological polar surface area (TPSA) is 70.7 Å². The van der Waals surface area contributed by atoms with Gasteiger partial charge in [0, 0.05) is 23.7 Å². The quantitative estimate of drug-likeness (QED) is 0.701. The Morgan fingerprint density at radius 1 is 1.21 bits per heavy atom. The fourth-order valence-corrected chi connectivity index (χ4v) is 4.21. The first-order chi connectivity index (χ1) is 13.5. The summed E-state index contributed by atoms with van der Waals surface area (Å²) in [5.41, 5.74) is 3.11. The van der Waals surface area contributed by atoms with Crippen LogP contribution in [0.15, 0.2) is 53.0 Å². The highest BCUT2D eigenvalue weighted by molar-refractivity contribution is 7.10. The smallest absolute Gasteiger partial charge is 0.338 e. The molecule has 1 unspecified atom stereocenters. The van der Waals surface area contributed by atoms with Crippen molar-refractivity contribution in [3.63, 3.8) is 0 Å². The van der Waals surface area contributed by atoms with Crippen molar-refractivity contribution >= 4 is 23.3 Å². The Morgan fingerprint density at radius 3 is 2.61 bits per heavy atom. The van der Waals surface area contributed by atoms with E-state index in [9.17, 15) is 9.59 Å². The Hall–Kier alpha value is -2.64. The minimum Gasteiger partial charge on any atom is -0.463 e. The maximum absolute atomic E-state index is 12.8. The number of urea groups is 1. The summed E-state index contributed by atoms with van der Waals surface area (Å²) < 4.78 is 5.30. The number of hydrogen-bond donors (Lipinski definition) is 2. The molecule has 1 aromatic heterocycles. The van der Waals surface area contributed by atoms with Crippen molar-refractivity contribution in [1.82, 2.24) is 15.5 Å². The molecule has 2 aromatic rings. The zero-order valence-electron chi connectivity index (χ0n) is 16.3. The van der Waals surface area contributed by atoms with Crippen LogP contribution in [-0.4, -0.2) is 37.1 Å². The predicted octanol–water partition coefficient (Wildman–Crippen LogP) is 3.36. The molecule has 6 nitrogen and oxygen atoms in total. The summed E-state index contributed by atoms with van der Waals surface area (Å²) in [4.78, 5) is 28.4. The molecule has 0 bridgehead atoms. The maximum Gasteiger partial charge on any atom is 0.338 e. The number of rotatable bonds is 7. The first kappa shape index (κ1) is 20.1. The van der Waals surface area contributed by atoms with Gasteiger partial charge in [0.15, 0.2) is 0 Å². The van der Waals surface area contributed by atoms with Gasteiger partial charge in [-0.3, -0.25) is 4.90 Å². The summed E-state index contributed by atoms with van der Waals surface area (Å²) in [6.07, 6.45) is 0. The van der Waals surface area contributed by atoms with Crippen LogP contribution in [0.2, 0.25) is 0 Å². The van der Waals surface area contributed by atoms with Crippen LogP contribution in [0.5, 0.6) is 0 Å². The largest absolute Gasteiger partial charge is 0.463 e. The van der Waals surface area contributed by atoms with Gasteiger partial charge in [0.2, 0.25) is 0 Å². The summed E-state index contributed by atoms with van der Waals surface area (Å²) in [6, 6.07) is 10.7. The monoisotopic (exact) mass is 399 g/mol. The molecule has 2 heterocycles. The molecule has 0 saturated carbocycles. The lowest BCUT2D eigenvalue weighted by molar-refractivity contribution is -0.139. The zero-order chi connectivity index (χ0) is 20.1. The van der Waals surface area contributed by atoms with E-state index in [1.54, 1.807) is 18.3 Å². The Bertz CT molecular complexity index is 876. The minimum absolute atomic E-state index is 0.273. The summed E-state index contributed by atoms with van der Waals surface area (Å²) in [5.74, 6) is -0.417. The molecule has 1 atom stereocenters. The molecule has 0 fully saturated rings. The average Bonchev–Trinajstić information content (AvgIpc) is 3.06. The number of nitrogens with one attached hydrogen (secondary N) is 2. The molecule has 0 spiro atoms. The van der Waals surface area contributed by atoms with Crippen molar-refractivity contribution in [1.29, 1.82) is 0 Å². The van der Waals surface area contributed by atoms with Crippen molar-refractivity contribution in [3.05, 3.63) is 69.1 Å². The lowest BCUT2D eigenvalue weighted by Crippen LogP contribution is -2.48. The first-order valence-corrected chi connectivity index (χ1v) is 10.1. The number of aryl methyl sites for hydroxylation is 1. The second-order valence-electron chi connectivity index (χ2n) is 6.75. The van der Waals surface area contributed by atoms with Crippen LogP contribution in [0.3, 0.4) is 0 Å². The molecule has 1 aromatic carbocycles. The van der Waals surface area contributed by atoms with Crippen LogP contribution in [0.25, 0.3) is 0 Å². The van der Waals surface area contributed by atoms with E-state index in [1.165, 1.54) is 10.4 Å². The SMILES string of the molecule is CCOC(=O)C1=C(CN(C)Cc2sccc2C)NC(=O)NC1c1ccccc1. The third-order valence-electron chi connectivity index (χ3n) is 4.59. The third-order valence-corrected chi connectivity index (χ3v) is 5.60. The van der Waals surface area contributed by atoms with Crippen LogP contribution in [0, 0.1) is 6.92 Å². The Labute approximate surface area is 169 Å². The van der Waals surface area contributed by atoms with E-state index in [4.69, 9.17) is 4.74 Å². The molecule has 7 heteroatoms. The van der Waals surface area contributed by atoms with Gasteiger partial charge in [0.1, 0.15) is 0 Å². The molecule has 3 rings (SSSR count). The van der Waals surface area contributed by atoms with E-state index >= 15 is 0 Å². The van der Waals surface area contributed by atoms with Gasteiger partial charge >= 0.3 is 12.0 Å². The number of benzene rings is 1. The predicted molar refractivity (Wildman–Crippen MR) is 110 cm³/mol. The lowest BCUT2D eigenvalue weighted by Gasteiger charge is -2.31. The summed E-state index contributed by atoms with van der Waals surface area (Å²) in [6.45, 7) is 5.30. The summed E-state index contributed by atoms with van der Waals surface area (Å²) >= 11 is 1.70. The molecule has 1 aliphatic rings. The van der Waals surface area contributed by atoms with Gasteiger partial charge in [0.25, 0.3) is 0 Å². The van der Waals surface area contributed by atoms with Crippen molar-refractivity contribution in [2.24, 2.45) is 0 Å². The number of ether oxygens (including phenoxy) is 1. The number of carbonyl (C=O) groups excluding carboxylic acids is 2. The summed E-state index contributed by atoms with van der Waals surface area (Å²) in [7, 11) is 1.97. The number of thiophene rings is 1. The van der Waals surface area contributed by atoms with Gasteiger partial charge in [0.05, 0.1) is 18.2 Å². The highest BCUT2D eigenvalue weighted by Crippen LogP contribution is 2.28. The van der Waals surface area contributed by atoms with Gasteiger partial charge in [-0.05, 0) is 43.5 Å². The molecular weight excluding hydrogens is 374 g/mol. The van der Waals surface area contributed by atoms with Crippen LogP contribution < -0.4 is 10.6 Å². The fraction of sp³-hybridized carbons (Fsp3) is 0.333. The van der Waals surface area contributed by atoms with Gasteiger partial charge < -0.3 is 15.4 Å². The average molecular weight is 400 g/mol. The number of esters is 1. The van der Waals surface area contributed by atoms with E-state index in [0.717, 1.165) is 12.1 Å². The lowest BCUT2D eigenvalue weighted by atomic mass is 9.95. The number of nitrogens with zero attached hydrogens (tertiary/aromatic N) is 1. The number of carbonyl (C=O) groups is 2. The standard InChI is InChI=1S/C21H25N3O3S/c1-4-27-20(25)18-16(12-24(3)13-17-14(2)10-11-28-17)22-21(26)23-19(18)15-8-6-5-7-9-15/h5-11,19H,4,12-13H2,1-3H3,(H2,22,23,26). The molecular formula is C21H25N3O3S. The molecule has 148 valence electrons. The van der Waals surface area contributed by atoms with Crippen molar-refractivity contribution in [3.8, 4) is 0 Å². The normalized spacial score (nSPS) is 16.7. The fourth-order valence-electron chi connectivity index (χ4n) is 3.23. The first-order valence-electron chi connectivity index (χ1n) is 9.23. The van der Waals surface area contributed by atoms with Gasteiger partial charge in [-0.1, -0.05) is 30.3 Å². The van der Waals surface area contributed by atoms with Crippen LogP contribution >= 0.6 is 11.3 Å². The summed E-state index contributed by atoms with van der Waals surface area (Å²) in [5, 5.41) is 7.74. The van der Waals surface area contributed by atoms with E-state index in [0.29, 0.717) is 17.8 Å². The van der Waals surface area contributed by atoms with E-state index in [1.807, 2.05) is 37.4 Å². The maximum atomic E-state index is 12.8. The Kier molecular flexibility index (Phi) is 6.49. The second-order valence-corrected chi connectivity index (χ2v) is 7.75. The third kappa shape index (κ3) is 4.61. The Morgan fingerprint density at radius 2 is 1.96 bits per heavy atom. The number of hydrogen-bond acceptors (Lipinski definition) is 5. The van der Waals surface area contributed by atoms with Crippen molar-refractivity contribution in [2.45, 2.75) is 26.4 Å². The minimum atomic E-state index is -0.541. The highest BCUT2D eigenvalue weighted by atomic mass is 32.1. The number of amides is 2. The van der Waals surface area contributed by atoms with Gasteiger partial charge in [-0.25, -0.2) is 9.59 Å². The molecule has 2 N–H and O–H groups in total. The second kappa shape index (κ2) is 9.03. The van der Waals surface area contributed by atoms with Crippen molar-refractivity contribution in [2.75, 3.05) is 20.2 Å². The van der Waals surface area contributed by atoms with Gasteiger partial charge in [-0.15, -0.1) is 11.3 Å². The molecule has 28 heavy (non-hydrogen) atoms. The molecule has 1 aliphatic heterocycles. The molecule has 0 saturated heterocycles.